The van der Waals surface area contributed by atoms with E-state index in [2.05, 4.69) is 25.1 Å². The average molecular weight is 203 g/mol. The largest absolute Gasteiger partial charge is 0.327 e. The van der Waals surface area contributed by atoms with Gasteiger partial charge in [0.15, 0.2) is 0 Å². The zero-order valence-electron chi connectivity index (χ0n) is 8.59. The van der Waals surface area contributed by atoms with E-state index in [1.165, 1.54) is 0 Å². The molecule has 0 saturated heterocycles. The van der Waals surface area contributed by atoms with Crippen LogP contribution in [-0.4, -0.2) is 26.8 Å². The fraction of sp³-hybridized carbons (Fsp3) is 0.300. The lowest BCUT2D eigenvalue weighted by atomic mass is 10.3. The number of nitrogens with one attached hydrogen (secondary N) is 1. The van der Waals surface area contributed by atoms with E-state index in [9.17, 15) is 0 Å². The van der Waals surface area contributed by atoms with Crippen molar-refractivity contribution in [2.75, 3.05) is 7.05 Å². The first kappa shape index (κ1) is 9.79. The summed E-state index contributed by atoms with van der Waals surface area (Å²) in [5, 5.41) is 11.0. The van der Waals surface area contributed by atoms with Crippen LogP contribution in [0.5, 0.6) is 0 Å². The van der Waals surface area contributed by atoms with E-state index in [1.54, 1.807) is 12.5 Å². The molecule has 0 aliphatic heterocycles. The maximum Gasteiger partial charge on any atom is 0.0952 e. The fourth-order valence-corrected chi connectivity index (χ4v) is 1.41. The highest BCUT2D eigenvalue weighted by Gasteiger charge is 2.02. The van der Waals surface area contributed by atoms with Gasteiger partial charge < -0.3 is 9.88 Å². The van der Waals surface area contributed by atoms with E-state index in [1.807, 2.05) is 25.4 Å². The van der Waals surface area contributed by atoms with Crippen LogP contribution in [-0.2, 0) is 13.1 Å². The number of rotatable bonds is 4. The molecule has 0 amide bonds. The van der Waals surface area contributed by atoms with Crippen LogP contribution >= 0.6 is 0 Å². The molecule has 0 aliphatic carbocycles. The van der Waals surface area contributed by atoms with Crippen molar-refractivity contribution in [1.82, 2.24) is 25.1 Å². The van der Waals surface area contributed by atoms with Crippen LogP contribution in [0.1, 0.15) is 11.4 Å². The Morgan fingerprint density at radius 2 is 2.40 bits per heavy atom. The van der Waals surface area contributed by atoms with Crippen LogP contribution in [0.3, 0.4) is 0 Å². The molecule has 0 unspecified atom stereocenters. The zero-order valence-corrected chi connectivity index (χ0v) is 8.59. The lowest BCUT2D eigenvalue weighted by molar-refractivity contribution is 0.676. The molecule has 0 radical (unpaired) electrons. The summed E-state index contributed by atoms with van der Waals surface area (Å²) in [6, 6.07) is 3.84. The Bertz CT molecular complexity index is 409. The summed E-state index contributed by atoms with van der Waals surface area (Å²) in [4.78, 5) is 4.11. The highest BCUT2D eigenvalue weighted by molar-refractivity contribution is 5.05. The van der Waals surface area contributed by atoms with E-state index in [0.717, 1.165) is 17.9 Å². The van der Waals surface area contributed by atoms with E-state index in [4.69, 9.17) is 0 Å². The van der Waals surface area contributed by atoms with E-state index in [0.29, 0.717) is 6.54 Å². The minimum atomic E-state index is 0.713. The minimum absolute atomic E-state index is 0.713. The number of aromatic nitrogens is 4. The third-order valence-corrected chi connectivity index (χ3v) is 2.12. The smallest absolute Gasteiger partial charge is 0.0952 e. The van der Waals surface area contributed by atoms with Gasteiger partial charge in [-0.3, -0.25) is 0 Å². The lowest BCUT2D eigenvalue weighted by Crippen LogP contribution is -2.12. The summed E-state index contributed by atoms with van der Waals surface area (Å²) < 4.78 is 2.06. The van der Waals surface area contributed by atoms with Crippen molar-refractivity contribution >= 4 is 0 Å². The van der Waals surface area contributed by atoms with Crippen molar-refractivity contribution in [3.8, 4) is 0 Å². The van der Waals surface area contributed by atoms with Crippen LogP contribution < -0.4 is 5.32 Å². The Labute approximate surface area is 88.2 Å². The Morgan fingerprint density at radius 3 is 3.13 bits per heavy atom. The molecule has 0 fully saturated rings. The Hall–Kier alpha value is -1.75. The molecule has 0 aliphatic rings. The van der Waals surface area contributed by atoms with E-state index >= 15 is 0 Å². The summed E-state index contributed by atoms with van der Waals surface area (Å²) in [7, 11) is 1.92. The van der Waals surface area contributed by atoms with Gasteiger partial charge in [-0.05, 0) is 19.2 Å². The highest BCUT2D eigenvalue weighted by atomic mass is 15.1. The first-order chi connectivity index (χ1) is 7.40. The first-order valence-corrected chi connectivity index (χ1v) is 4.80. The summed E-state index contributed by atoms with van der Waals surface area (Å²) in [6.45, 7) is 1.52. The third-order valence-electron chi connectivity index (χ3n) is 2.12. The van der Waals surface area contributed by atoms with Gasteiger partial charge in [0, 0.05) is 18.9 Å². The minimum Gasteiger partial charge on any atom is -0.327 e. The quantitative estimate of drug-likeness (QED) is 0.783. The second-order valence-electron chi connectivity index (χ2n) is 3.26. The average Bonchev–Trinajstić information content (AvgIpc) is 2.68. The van der Waals surface area contributed by atoms with Crippen molar-refractivity contribution in [2.24, 2.45) is 0 Å². The van der Waals surface area contributed by atoms with E-state index in [-0.39, 0.29) is 0 Å². The van der Waals surface area contributed by atoms with E-state index < -0.39 is 0 Å². The summed E-state index contributed by atoms with van der Waals surface area (Å²) in [5.74, 6) is 0. The van der Waals surface area contributed by atoms with Gasteiger partial charge in [0.1, 0.15) is 0 Å². The molecule has 2 aromatic heterocycles. The molecule has 5 heteroatoms. The van der Waals surface area contributed by atoms with Gasteiger partial charge in [-0.2, -0.15) is 10.2 Å². The second-order valence-corrected chi connectivity index (χ2v) is 3.26. The molecule has 78 valence electrons. The molecule has 1 N–H and O–H groups in total. The Balaban J connectivity index is 2.14. The predicted molar refractivity (Wildman–Crippen MR) is 56.1 cm³/mol. The second kappa shape index (κ2) is 4.65. The molecule has 0 atom stereocenters. The topological polar surface area (TPSA) is 55.6 Å². The van der Waals surface area contributed by atoms with Gasteiger partial charge >= 0.3 is 0 Å². The number of nitrogens with zero attached hydrogens (tertiary/aromatic N) is 4. The molecule has 0 bridgehead atoms. The normalized spacial score (nSPS) is 10.5. The first-order valence-electron chi connectivity index (χ1n) is 4.80. The zero-order chi connectivity index (χ0) is 10.5. The van der Waals surface area contributed by atoms with Crippen molar-refractivity contribution < 1.29 is 0 Å². The van der Waals surface area contributed by atoms with Gasteiger partial charge in [-0.15, -0.1) is 0 Å². The number of hydrogen-bond acceptors (Lipinski definition) is 4. The van der Waals surface area contributed by atoms with Gasteiger partial charge in [0.2, 0.25) is 0 Å². The molecule has 5 nitrogen and oxygen atoms in total. The molecular formula is C10H13N5. The molecule has 0 spiro atoms. The molecular weight excluding hydrogens is 190 g/mol. The number of hydrogen-bond donors (Lipinski definition) is 1. The van der Waals surface area contributed by atoms with Crippen molar-refractivity contribution in [1.29, 1.82) is 0 Å². The summed E-state index contributed by atoms with van der Waals surface area (Å²) >= 11 is 0. The Morgan fingerprint density at radius 1 is 1.47 bits per heavy atom. The summed E-state index contributed by atoms with van der Waals surface area (Å²) in [6.07, 6.45) is 5.33. The van der Waals surface area contributed by atoms with Gasteiger partial charge in [0.25, 0.3) is 0 Å². The van der Waals surface area contributed by atoms with Gasteiger partial charge in [0.05, 0.1) is 24.3 Å². The SMILES string of the molecule is CNCc1cncn1Cc1cccnn1. The molecule has 2 rings (SSSR count). The van der Waals surface area contributed by atoms with Crippen molar-refractivity contribution in [2.45, 2.75) is 13.1 Å². The van der Waals surface area contributed by atoms with Crippen LogP contribution in [0.2, 0.25) is 0 Å². The Kier molecular flexibility index (Phi) is 3.04. The standard InChI is InChI=1S/C10H13N5/c1-11-5-10-6-12-8-15(10)7-9-3-2-4-13-14-9/h2-4,6,8,11H,5,7H2,1H3. The monoisotopic (exact) mass is 203 g/mol. The molecule has 2 aromatic rings. The van der Waals surface area contributed by atoms with Crippen molar-refractivity contribution in [3.63, 3.8) is 0 Å². The fourth-order valence-electron chi connectivity index (χ4n) is 1.41. The molecule has 0 aromatic carbocycles. The van der Waals surface area contributed by atoms with Crippen molar-refractivity contribution in [3.05, 3.63) is 42.2 Å². The van der Waals surface area contributed by atoms with Crippen LogP contribution in [0, 0.1) is 0 Å². The number of imidazole rings is 1. The van der Waals surface area contributed by atoms with Gasteiger partial charge in [-0.1, -0.05) is 0 Å². The van der Waals surface area contributed by atoms with Crippen LogP contribution in [0.4, 0.5) is 0 Å². The summed E-state index contributed by atoms with van der Waals surface area (Å²) in [5.41, 5.74) is 2.08. The maximum absolute atomic E-state index is 4.11. The van der Waals surface area contributed by atoms with Crippen LogP contribution in [0.15, 0.2) is 30.9 Å². The predicted octanol–water partition coefficient (Wildman–Crippen LogP) is 0.441. The van der Waals surface area contributed by atoms with Crippen LogP contribution in [0.25, 0.3) is 0 Å². The highest BCUT2D eigenvalue weighted by Crippen LogP contribution is 2.02. The molecule has 15 heavy (non-hydrogen) atoms. The lowest BCUT2D eigenvalue weighted by Gasteiger charge is -2.06. The third kappa shape index (κ3) is 2.38. The maximum atomic E-state index is 4.11. The molecule has 0 saturated carbocycles. The molecule has 2 heterocycles. The van der Waals surface area contributed by atoms with Gasteiger partial charge in [-0.25, -0.2) is 4.98 Å².